The van der Waals surface area contributed by atoms with Crippen LogP contribution in [0.3, 0.4) is 0 Å². The molecule has 0 unspecified atom stereocenters. The second-order valence-electron chi connectivity index (χ2n) is 6.28. The van der Waals surface area contributed by atoms with Gasteiger partial charge in [0.25, 0.3) is 0 Å². The van der Waals surface area contributed by atoms with E-state index in [2.05, 4.69) is 0 Å². The van der Waals surface area contributed by atoms with Crippen LogP contribution in [0.4, 0.5) is 0 Å². The van der Waals surface area contributed by atoms with Crippen molar-refractivity contribution in [1.29, 1.82) is 0 Å². The van der Waals surface area contributed by atoms with Crippen molar-refractivity contribution >= 4 is 17.6 Å². The van der Waals surface area contributed by atoms with Gasteiger partial charge in [-0.05, 0) is 52.0 Å². The molecule has 0 N–H and O–H groups in total. The van der Waals surface area contributed by atoms with Crippen molar-refractivity contribution in [2.45, 2.75) is 12.8 Å². The van der Waals surface area contributed by atoms with E-state index in [-0.39, 0.29) is 17.1 Å². The summed E-state index contributed by atoms with van der Waals surface area (Å²) in [7, 11) is 9.25. The van der Waals surface area contributed by atoms with Crippen LogP contribution in [0, 0.1) is 0 Å². The fourth-order valence-electron chi connectivity index (χ4n) is 2.10. The zero-order valence-corrected chi connectivity index (χ0v) is 15.3. The fourth-order valence-corrected chi connectivity index (χ4v) is 2.10. The van der Waals surface area contributed by atoms with Gasteiger partial charge in [-0.15, -0.1) is 0 Å². The van der Waals surface area contributed by atoms with E-state index < -0.39 is 0 Å². The fraction of sp³-hybridized carbons (Fsp3) is 0.474. The number of nitrogens with zero attached hydrogens (tertiary/aromatic N) is 2. The van der Waals surface area contributed by atoms with E-state index in [9.17, 15) is 9.59 Å². The summed E-state index contributed by atoms with van der Waals surface area (Å²) in [6.07, 6.45) is 2.36. The summed E-state index contributed by atoms with van der Waals surface area (Å²) < 4.78 is 5.13. The zero-order valence-electron chi connectivity index (χ0n) is 15.3. The third-order valence-electron chi connectivity index (χ3n) is 3.60. The van der Waals surface area contributed by atoms with Crippen LogP contribution in [0.15, 0.2) is 29.8 Å². The second-order valence-corrected chi connectivity index (χ2v) is 6.28. The molecule has 0 saturated carbocycles. The molecule has 5 nitrogen and oxygen atoms in total. The van der Waals surface area contributed by atoms with Gasteiger partial charge in [-0.1, -0.05) is 12.1 Å². The number of ether oxygens (including phenoxy) is 1. The Morgan fingerprint density at radius 1 is 0.917 bits per heavy atom. The van der Waals surface area contributed by atoms with Gasteiger partial charge in [-0.3, -0.25) is 9.59 Å². The molecule has 0 heterocycles. The molecule has 1 rings (SSSR count). The van der Waals surface area contributed by atoms with Gasteiger partial charge in [-0.25, -0.2) is 0 Å². The molecular weight excluding hydrogens is 304 g/mol. The van der Waals surface area contributed by atoms with E-state index >= 15 is 0 Å². The van der Waals surface area contributed by atoms with Crippen LogP contribution >= 0.6 is 0 Å². The summed E-state index contributed by atoms with van der Waals surface area (Å²) in [5.74, 6) is 0.526. The van der Waals surface area contributed by atoms with Crippen molar-refractivity contribution < 1.29 is 14.3 Å². The standard InChI is InChI=1S/C19H28N2O3/c1-20(2)12-10-18(22)17(19(23)11-13-21(3)4)14-15-6-8-16(24-5)9-7-15/h6-9,14H,10-13H2,1-5H3. The molecule has 0 aliphatic rings. The Labute approximate surface area is 144 Å². The number of benzene rings is 1. The van der Waals surface area contributed by atoms with Gasteiger partial charge in [-0.2, -0.15) is 0 Å². The minimum absolute atomic E-state index is 0.108. The lowest BCUT2D eigenvalue weighted by Gasteiger charge is -2.12. The highest BCUT2D eigenvalue weighted by molar-refractivity contribution is 6.23. The second kappa shape index (κ2) is 10.0. The minimum Gasteiger partial charge on any atom is -0.497 e. The number of carbonyl (C=O) groups is 2. The minimum atomic E-state index is -0.108. The molecule has 1 aromatic carbocycles. The molecule has 24 heavy (non-hydrogen) atoms. The molecule has 0 bridgehead atoms. The molecule has 0 spiro atoms. The van der Waals surface area contributed by atoms with Crippen LogP contribution in [-0.4, -0.2) is 69.8 Å². The lowest BCUT2D eigenvalue weighted by atomic mass is 9.98. The molecule has 0 saturated heterocycles. The summed E-state index contributed by atoms with van der Waals surface area (Å²) in [5.41, 5.74) is 1.10. The maximum absolute atomic E-state index is 12.5. The largest absolute Gasteiger partial charge is 0.497 e. The van der Waals surface area contributed by atoms with Gasteiger partial charge in [0.15, 0.2) is 11.6 Å². The van der Waals surface area contributed by atoms with E-state index in [0.717, 1.165) is 11.3 Å². The van der Waals surface area contributed by atoms with Gasteiger partial charge >= 0.3 is 0 Å². The van der Waals surface area contributed by atoms with Crippen molar-refractivity contribution in [3.8, 4) is 5.75 Å². The van der Waals surface area contributed by atoms with Crippen molar-refractivity contribution in [3.63, 3.8) is 0 Å². The van der Waals surface area contributed by atoms with Gasteiger partial charge in [0.1, 0.15) is 5.75 Å². The number of Topliss-reactive ketones (excluding diaryl/α,β-unsaturated/α-hetero) is 2. The number of hydrogen-bond acceptors (Lipinski definition) is 5. The van der Waals surface area contributed by atoms with Crippen molar-refractivity contribution in [3.05, 3.63) is 35.4 Å². The Morgan fingerprint density at radius 2 is 1.38 bits per heavy atom. The van der Waals surface area contributed by atoms with Crippen LogP contribution in [0.1, 0.15) is 18.4 Å². The SMILES string of the molecule is COc1ccc(C=C(C(=O)CCN(C)C)C(=O)CCN(C)C)cc1. The van der Waals surface area contributed by atoms with E-state index in [4.69, 9.17) is 4.74 Å². The number of ketones is 2. The van der Waals surface area contributed by atoms with Crippen LogP contribution in [0.2, 0.25) is 0 Å². The molecule has 5 heteroatoms. The molecule has 0 aliphatic heterocycles. The Hall–Kier alpha value is -1.98. The normalized spacial score (nSPS) is 10.8. The Morgan fingerprint density at radius 3 is 1.75 bits per heavy atom. The maximum Gasteiger partial charge on any atom is 0.167 e. The van der Waals surface area contributed by atoms with Crippen molar-refractivity contribution in [2.75, 3.05) is 48.4 Å². The molecule has 0 fully saturated rings. The van der Waals surface area contributed by atoms with Crippen LogP contribution in [0.25, 0.3) is 6.08 Å². The van der Waals surface area contributed by atoms with Gasteiger partial charge in [0, 0.05) is 25.9 Å². The molecular formula is C19H28N2O3. The molecule has 0 aliphatic carbocycles. The Balaban J connectivity index is 2.99. The molecule has 132 valence electrons. The first-order valence-corrected chi connectivity index (χ1v) is 8.05. The topological polar surface area (TPSA) is 49.9 Å². The third-order valence-corrected chi connectivity index (χ3v) is 3.60. The smallest absolute Gasteiger partial charge is 0.167 e. The Bertz CT molecular complexity index is 549. The average Bonchev–Trinajstić information content (AvgIpc) is 2.55. The van der Waals surface area contributed by atoms with Crippen molar-refractivity contribution in [1.82, 2.24) is 9.80 Å². The lowest BCUT2D eigenvalue weighted by Crippen LogP contribution is -2.23. The number of rotatable bonds is 10. The molecule has 0 radical (unpaired) electrons. The van der Waals surface area contributed by atoms with Crippen LogP contribution in [-0.2, 0) is 9.59 Å². The molecule has 1 aromatic rings. The first kappa shape index (κ1) is 20.1. The van der Waals surface area contributed by atoms with E-state index in [1.54, 1.807) is 13.2 Å². The highest BCUT2D eigenvalue weighted by Gasteiger charge is 2.18. The number of hydrogen-bond donors (Lipinski definition) is 0. The van der Waals surface area contributed by atoms with Crippen LogP contribution < -0.4 is 4.74 Å². The lowest BCUT2D eigenvalue weighted by molar-refractivity contribution is -0.121. The Kier molecular flexibility index (Phi) is 8.36. The molecule has 0 amide bonds. The summed E-state index contributed by atoms with van der Waals surface area (Å²) in [6.45, 7) is 1.25. The number of methoxy groups -OCH3 is 1. The predicted octanol–water partition coefficient (Wildman–Crippen LogP) is 2.12. The van der Waals surface area contributed by atoms with Gasteiger partial charge in [0.05, 0.1) is 12.7 Å². The number of allylic oxidation sites excluding steroid dienone is 1. The summed E-state index contributed by atoms with van der Waals surface area (Å²) in [5, 5.41) is 0. The monoisotopic (exact) mass is 332 g/mol. The summed E-state index contributed by atoms with van der Waals surface area (Å²) in [6, 6.07) is 7.32. The number of carbonyl (C=O) groups excluding carboxylic acids is 2. The molecule has 0 atom stereocenters. The first-order chi connectivity index (χ1) is 11.3. The average molecular weight is 332 g/mol. The van der Waals surface area contributed by atoms with Gasteiger partial charge in [0.2, 0.25) is 0 Å². The summed E-state index contributed by atoms with van der Waals surface area (Å²) in [4.78, 5) is 28.9. The summed E-state index contributed by atoms with van der Waals surface area (Å²) >= 11 is 0. The first-order valence-electron chi connectivity index (χ1n) is 8.05. The zero-order chi connectivity index (χ0) is 18.1. The van der Waals surface area contributed by atoms with E-state index in [1.165, 1.54) is 0 Å². The quantitative estimate of drug-likeness (QED) is 0.373. The van der Waals surface area contributed by atoms with E-state index in [0.29, 0.717) is 25.9 Å². The highest BCUT2D eigenvalue weighted by Crippen LogP contribution is 2.16. The molecule has 0 aromatic heterocycles. The van der Waals surface area contributed by atoms with Gasteiger partial charge < -0.3 is 14.5 Å². The predicted molar refractivity (Wildman–Crippen MR) is 97.3 cm³/mol. The van der Waals surface area contributed by atoms with Crippen LogP contribution in [0.5, 0.6) is 5.75 Å². The highest BCUT2D eigenvalue weighted by atomic mass is 16.5. The van der Waals surface area contributed by atoms with Crippen molar-refractivity contribution in [2.24, 2.45) is 0 Å². The third kappa shape index (κ3) is 7.06. The van der Waals surface area contributed by atoms with E-state index in [1.807, 2.05) is 62.3 Å². The maximum atomic E-state index is 12.5.